The Hall–Kier alpha value is -2.73. The van der Waals surface area contributed by atoms with E-state index in [9.17, 15) is 0 Å². The molecule has 1 saturated carbocycles. The van der Waals surface area contributed by atoms with Crippen LogP contribution in [0.25, 0.3) is 11.6 Å². The van der Waals surface area contributed by atoms with E-state index >= 15 is 0 Å². The number of hydrogen-bond acceptors (Lipinski definition) is 6. The largest absolute Gasteiger partial charge is 0.493 e. The van der Waals surface area contributed by atoms with E-state index in [0.717, 1.165) is 17.5 Å². The second kappa shape index (κ2) is 6.88. The van der Waals surface area contributed by atoms with Crippen molar-refractivity contribution in [1.82, 2.24) is 19.9 Å². The lowest BCUT2D eigenvalue weighted by molar-refractivity contribution is 0.352. The SMILES string of the molecule is COc1c(Cl)ccc(C2CC2c2cnc(-c3ncccn3)nc2)c1OC. The number of aromatic nitrogens is 4. The third-order valence-corrected chi connectivity index (χ3v) is 4.86. The van der Waals surface area contributed by atoms with Crippen molar-refractivity contribution in [2.24, 2.45) is 0 Å². The smallest absolute Gasteiger partial charge is 0.197 e. The predicted molar refractivity (Wildman–Crippen MR) is 97.7 cm³/mol. The van der Waals surface area contributed by atoms with Crippen LogP contribution >= 0.6 is 11.6 Å². The summed E-state index contributed by atoms with van der Waals surface area (Å²) in [6.45, 7) is 0. The fourth-order valence-electron chi connectivity index (χ4n) is 3.21. The molecule has 2 aromatic heterocycles. The van der Waals surface area contributed by atoms with Gasteiger partial charge in [0.1, 0.15) is 0 Å². The number of ether oxygens (including phenoxy) is 2. The van der Waals surface area contributed by atoms with E-state index in [-0.39, 0.29) is 0 Å². The number of benzene rings is 1. The number of rotatable bonds is 5. The Morgan fingerprint density at radius 3 is 2.19 bits per heavy atom. The molecule has 132 valence electrons. The summed E-state index contributed by atoms with van der Waals surface area (Å²) in [5, 5.41) is 0.542. The van der Waals surface area contributed by atoms with Crippen molar-refractivity contribution in [3.63, 3.8) is 0 Å². The van der Waals surface area contributed by atoms with E-state index in [4.69, 9.17) is 21.1 Å². The number of nitrogens with zero attached hydrogens (tertiary/aromatic N) is 4. The van der Waals surface area contributed by atoms with Crippen LogP contribution in [0.4, 0.5) is 0 Å². The van der Waals surface area contributed by atoms with Crippen molar-refractivity contribution in [3.05, 3.63) is 59.1 Å². The first kappa shape index (κ1) is 16.7. The molecular weight excluding hydrogens is 352 g/mol. The minimum Gasteiger partial charge on any atom is -0.493 e. The van der Waals surface area contributed by atoms with Crippen LogP contribution in [-0.4, -0.2) is 34.2 Å². The summed E-state index contributed by atoms with van der Waals surface area (Å²) in [5.41, 5.74) is 2.18. The molecule has 0 bridgehead atoms. The van der Waals surface area contributed by atoms with Gasteiger partial charge in [-0.2, -0.15) is 0 Å². The van der Waals surface area contributed by atoms with Gasteiger partial charge in [-0.05, 0) is 36.0 Å². The molecule has 2 unspecified atom stereocenters. The zero-order valence-electron chi connectivity index (χ0n) is 14.4. The van der Waals surface area contributed by atoms with Crippen molar-refractivity contribution < 1.29 is 9.47 Å². The van der Waals surface area contributed by atoms with Gasteiger partial charge in [0.25, 0.3) is 0 Å². The maximum atomic E-state index is 6.20. The second-order valence-corrected chi connectivity index (χ2v) is 6.47. The Balaban J connectivity index is 1.58. The summed E-state index contributed by atoms with van der Waals surface area (Å²) >= 11 is 6.20. The molecule has 1 aromatic carbocycles. The summed E-state index contributed by atoms with van der Waals surface area (Å²) in [5.74, 6) is 3.00. The van der Waals surface area contributed by atoms with E-state index in [1.165, 1.54) is 0 Å². The van der Waals surface area contributed by atoms with Gasteiger partial charge >= 0.3 is 0 Å². The third kappa shape index (κ3) is 2.97. The van der Waals surface area contributed by atoms with Gasteiger partial charge in [0.2, 0.25) is 0 Å². The average Bonchev–Trinajstić information content (AvgIpc) is 3.49. The lowest BCUT2D eigenvalue weighted by Gasteiger charge is -2.14. The predicted octanol–water partition coefficient (Wildman–Crippen LogP) is 3.88. The minimum absolute atomic E-state index is 0.332. The van der Waals surface area contributed by atoms with Crippen LogP contribution in [0.1, 0.15) is 29.4 Å². The third-order valence-electron chi connectivity index (χ3n) is 4.56. The summed E-state index contributed by atoms with van der Waals surface area (Å²) < 4.78 is 10.9. The molecule has 0 N–H and O–H groups in total. The van der Waals surface area contributed by atoms with Crippen molar-refractivity contribution in [1.29, 1.82) is 0 Å². The molecular formula is C19H17ClN4O2. The van der Waals surface area contributed by atoms with Crippen molar-refractivity contribution in [2.45, 2.75) is 18.3 Å². The molecule has 3 aromatic rings. The van der Waals surface area contributed by atoms with Crippen LogP contribution in [-0.2, 0) is 0 Å². The van der Waals surface area contributed by atoms with Crippen LogP contribution in [0.2, 0.25) is 5.02 Å². The summed E-state index contributed by atoms with van der Waals surface area (Å²) in [7, 11) is 3.23. The fourth-order valence-corrected chi connectivity index (χ4v) is 3.44. The Morgan fingerprint density at radius 2 is 1.54 bits per heavy atom. The highest BCUT2D eigenvalue weighted by Gasteiger charge is 2.42. The molecule has 0 amide bonds. The Bertz CT molecular complexity index is 919. The highest BCUT2D eigenvalue weighted by Crippen LogP contribution is 2.58. The normalized spacial score (nSPS) is 18.4. The van der Waals surface area contributed by atoms with Gasteiger partial charge in [-0.15, -0.1) is 0 Å². The van der Waals surface area contributed by atoms with Crippen LogP contribution in [0.3, 0.4) is 0 Å². The highest BCUT2D eigenvalue weighted by atomic mass is 35.5. The minimum atomic E-state index is 0.332. The number of methoxy groups -OCH3 is 2. The average molecular weight is 369 g/mol. The molecule has 26 heavy (non-hydrogen) atoms. The lowest BCUT2D eigenvalue weighted by Crippen LogP contribution is -1.98. The van der Waals surface area contributed by atoms with Crippen molar-refractivity contribution in [2.75, 3.05) is 14.2 Å². The van der Waals surface area contributed by atoms with Crippen LogP contribution in [0, 0.1) is 0 Å². The van der Waals surface area contributed by atoms with E-state index in [1.807, 2.05) is 24.5 Å². The molecule has 1 aliphatic rings. The molecule has 0 saturated heterocycles. The van der Waals surface area contributed by atoms with E-state index in [2.05, 4.69) is 19.9 Å². The number of halogens is 1. The van der Waals surface area contributed by atoms with Gasteiger partial charge in [-0.3, -0.25) is 0 Å². The molecule has 0 spiro atoms. The Morgan fingerprint density at radius 1 is 0.885 bits per heavy atom. The van der Waals surface area contributed by atoms with E-state index in [0.29, 0.717) is 40.0 Å². The maximum absolute atomic E-state index is 6.20. The molecule has 2 atom stereocenters. The Kier molecular flexibility index (Phi) is 4.42. The molecule has 1 aliphatic carbocycles. The van der Waals surface area contributed by atoms with Gasteiger partial charge in [-0.1, -0.05) is 17.7 Å². The standard InChI is InChI=1S/C19H17ClN4O2/c1-25-16-12(4-5-15(20)17(16)26-2)14-8-13(14)11-9-23-19(24-10-11)18-21-6-3-7-22-18/h3-7,9-10,13-14H,8H2,1-2H3. The van der Waals surface area contributed by atoms with Crippen molar-refractivity contribution in [3.8, 4) is 23.1 Å². The first-order chi connectivity index (χ1) is 12.7. The fraction of sp³-hybridized carbons (Fsp3) is 0.263. The van der Waals surface area contributed by atoms with Gasteiger partial charge < -0.3 is 9.47 Å². The first-order valence-corrected chi connectivity index (χ1v) is 8.60. The summed E-state index contributed by atoms with van der Waals surface area (Å²) in [6, 6.07) is 5.61. The summed E-state index contributed by atoms with van der Waals surface area (Å²) in [4.78, 5) is 17.2. The molecule has 1 fully saturated rings. The zero-order valence-corrected chi connectivity index (χ0v) is 15.1. The highest BCUT2D eigenvalue weighted by molar-refractivity contribution is 6.32. The van der Waals surface area contributed by atoms with E-state index in [1.54, 1.807) is 32.7 Å². The molecule has 4 rings (SSSR count). The van der Waals surface area contributed by atoms with Gasteiger partial charge in [0.05, 0.1) is 19.2 Å². The zero-order chi connectivity index (χ0) is 18.1. The monoisotopic (exact) mass is 368 g/mol. The van der Waals surface area contributed by atoms with E-state index < -0.39 is 0 Å². The maximum Gasteiger partial charge on any atom is 0.197 e. The van der Waals surface area contributed by atoms with Gasteiger partial charge in [0.15, 0.2) is 23.1 Å². The quantitative estimate of drug-likeness (QED) is 0.680. The number of hydrogen-bond donors (Lipinski definition) is 0. The van der Waals surface area contributed by atoms with Crippen LogP contribution in [0.5, 0.6) is 11.5 Å². The first-order valence-electron chi connectivity index (χ1n) is 8.22. The molecule has 6 nitrogen and oxygen atoms in total. The van der Waals surface area contributed by atoms with Crippen LogP contribution < -0.4 is 9.47 Å². The lowest BCUT2D eigenvalue weighted by atomic mass is 10.0. The van der Waals surface area contributed by atoms with Gasteiger partial charge in [-0.25, -0.2) is 19.9 Å². The molecule has 0 aliphatic heterocycles. The van der Waals surface area contributed by atoms with Crippen LogP contribution in [0.15, 0.2) is 43.0 Å². The topological polar surface area (TPSA) is 70.0 Å². The summed E-state index contributed by atoms with van der Waals surface area (Å²) in [6.07, 6.45) is 8.06. The second-order valence-electron chi connectivity index (χ2n) is 6.06. The van der Waals surface area contributed by atoms with Gasteiger partial charge in [0, 0.05) is 30.4 Å². The van der Waals surface area contributed by atoms with Crippen molar-refractivity contribution >= 4 is 11.6 Å². The molecule has 2 heterocycles. The Labute approximate surface area is 156 Å². The molecule has 0 radical (unpaired) electrons. The molecule has 7 heteroatoms.